The maximum Gasteiger partial charge on any atom is 0.142 e. The summed E-state index contributed by atoms with van der Waals surface area (Å²) < 4.78 is 26.6. The predicted octanol–water partition coefficient (Wildman–Crippen LogP) is 4.09. The zero-order chi connectivity index (χ0) is 12.3. The minimum absolute atomic E-state index is 0.0251. The van der Waals surface area contributed by atoms with Crippen molar-refractivity contribution >= 4 is 11.6 Å². The van der Waals surface area contributed by atoms with Gasteiger partial charge in [0, 0.05) is 5.56 Å². The van der Waals surface area contributed by atoms with E-state index in [0.717, 1.165) is 25.0 Å². The third-order valence-electron chi connectivity index (χ3n) is 2.64. The van der Waals surface area contributed by atoms with Crippen molar-refractivity contribution in [3.8, 4) is 0 Å². The number of aliphatic hydroxyl groups excluding tert-OH is 1. The molecule has 0 saturated carbocycles. The molecule has 0 fully saturated rings. The molecule has 0 saturated heterocycles. The van der Waals surface area contributed by atoms with E-state index >= 15 is 0 Å². The van der Waals surface area contributed by atoms with Crippen LogP contribution in [0.5, 0.6) is 0 Å². The molecule has 0 radical (unpaired) electrons. The van der Waals surface area contributed by atoms with E-state index in [0.29, 0.717) is 0 Å². The van der Waals surface area contributed by atoms with Crippen LogP contribution < -0.4 is 0 Å². The van der Waals surface area contributed by atoms with Gasteiger partial charge in [0.15, 0.2) is 0 Å². The van der Waals surface area contributed by atoms with Gasteiger partial charge in [0.2, 0.25) is 0 Å². The highest BCUT2D eigenvalue weighted by Crippen LogP contribution is 2.30. The van der Waals surface area contributed by atoms with Gasteiger partial charge < -0.3 is 5.11 Å². The molecule has 1 aromatic rings. The normalized spacial score (nSPS) is 14.9. The zero-order valence-electron chi connectivity index (χ0n) is 9.30. The van der Waals surface area contributed by atoms with Crippen molar-refractivity contribution in [3.05, 3.63) is 34.4 Å². The van der Waals surface area contributed by atoms with E-state index in [1.54, 1.807) is 6.92 Å². The summed E-state index contributed by atoms with van der Waals surface area (Å²) >= 11 is 5.43. The standard InChI is InChI=1S/C12H15ClF2O/c1-3-4-7(2)12(16)8-5-11(15)9(13)6-10(8)14/h5-7,12,16H,3-4H2,1-2H3. The lowest BCUT2D eigenvalue weighted by molar-refractivity contribution is 0.108. The average molecular weight is 249 g/mol. The van der Waals surface area contributed by atoms with Gasteiger partial charge in [0.05, 0.1) is 11.1 Å². The molecule has 0 spiro atoms. The molecule has 0 bridgehead atoms. The number of hydrogen-bond acceptors (Lipinski definition) is 1. The van der Waals surface area contributed by atoms with Crippen LogP contribution >= 0.6 is 11.6 Å². The highest BCUT2D eigenvalue weighted by molar-refractivity contribution is 6.30. The van der Waals surface area contributed by atoms with E-state index in [1.807, 2.05) is 6.92 Å². The monoisotopic (exact) mass is 248 g/mol. The van der Waals surface area contributed by atoms with Crippen molar-refractivity contribution in [2.24, 2.45) is 5.92 Å². The van der Waals surface area contributed by atoms with E-state index in [4.69, 9.17) is 11.6 Å². The van der Waals surface area contributed by atoms with Gasteiger partial charge in [-0.25, -0.2) is 8.78 Å². The maximum atomic E-state index is 13.5. The minimum Gasteiger partial charge on any atom is -0.388 e. The molecule has 16 heavy (non-hydrogen) atoms. The summed E-state index contributed by atoms with van der Waals surface area (Å²) in [6.07, 6.45) is 0.646. The Balaban J connectivity index is 2.99. The molecule has 0 amide bonds. The van der Waals surface area contributed by atoms with Crippen LogP contribution in [0.2, 0.25) is 5.02 Å². The van der Waals surface area contributed by atoms with Gasteiger partial charge in [-0.3, -0.25) is 0 Å². The fraction of sp³-hybridized carbons (Fsp3) is 0.500. The molecular weight excluding hydrogens is 234 g/mol. The maximum absolute atomic E-state index is 13.5. The van der Waals surface area contributed by atoms with Crippen LogP contribution in [-0.2, 0) is 0 Å². The molecule has 0 heterocycles. The second kappa shape index (κ2) is 5.60. The van der Waals surface area contributed by atoms with Gasteiger partial charge in [-0.15, -0.1) is 0 Å². The minimum atomic E-state index is -0.994. The summed E-state index contributed by atoms with van der Waals surface area (Å²) in [5.74, 6) is -1.48. The van der Waals surface area contributed by atoms with E-state index in [1.165, 1.54) is 0 Å². The van der Waals surface area contributed by atoms with Gasteiger partial charge in [0.1, 0.15) is 11.6 Å². The molecule has 1 N–H and O–H groups in total. The molecule has 1 rings (SSSR count). The highest BCUT2D eigenvalue weighted by atomic mass is 35.5. The van der Waals surface area contributed by atoms with E-state index in [9.17, 15) is 13.9 Å². The lowest BCUT2D eigenvalue weighted by atomic mass is 9.93. The van der Waals surface area contributed by atoms with Crippen molar-refractivity contribution in [1.82, 2.24) is 0 Å². The first kappa shape index (κ1) is 13.4. The first-order chi connectivity index (χ1) is 7.47. The zero-order valence-corrected chi connectivity index (χ0v) is 10.1. The van der Waals surface area contributed by atoms with Crippen molar-refractivity contribution in [2.75, 3.05) is 0 Å². The molecule has 1 nitrogen and oxygen atoms in total. The van der Waals surface area contributed by atoms with Crippen LogP contribution in [0.3, 0.4) is 0 Å². The van der Waals surface area contributed by atoms with Crippen LogP contribution in [0.1, 0.15) is 38.4 Å². The lowest BCUT2D eigenvalue weighted by Gasteiger charge is -2.19. The van der Waals surface area contributed by atoms with E-state index in [-0.39, 0.29) is 16.5 Å². The fourth-order valence-electron chi connectivity index (χ4n) is 1.68. The molecule has 2 unspecified atom stereocenters. The van der Waals surface area contributed by atoms with Gasteiger partial charge in [-0.2, -0.15) is 0 Å². The Bertz CT molecular complexity index is 368. The molecule has 0 aromatic heterocycles. The smallest absolute Gasteiger partial charge is 0.142 e. The summed E-state index contributed by atoms with van der Waals surface area (Å²) in [7, 11) is 0. The SMILES string of the molecule is CCCC(C)C(O)c1cc(F)c(Cl)cc1F. The Hall–Kier alpha value is -0.670. The molecule has 0 aliphatic carbocycles. The summed E-state index contributed by atoms with van der Waals surface area (Å²) in [6, 6.07) is 1.86. The van der Waals surface area contributed by atoms with E-state index < -0.39 is 17.7 Å². The Kier molecular flexibility index (Phi) is 4.69. The Labute approximate surface area is 99.0 Å². The lowest BCUT2D eigenvalue weighted by Crippen LogP contribution is -2.11. The van der Waals surface area contributed by atoms with Crippen LogP contribution in [0.15, 0.2) is 12.1 Å². The van der Waals surface area contributed by atoms with Gasteiger partial charge in [-0.1, -0.05) is 31.9 Å². The van der Waals surface area contributed by atoms with Crippen molar-refractivity contribution < 1.29 is 13.9 Å². The van der Waals surface area contributed by atoms with Crippen molar-refractivity contribution in [3.63, 3.8) is 0 Å². The molecule has 1 aromatic carbocycles. The number of benzene rings is 1. The average Bonchev–Trinajstić information content (AvgIpc) is 2.23. The third-order valence-corrected chi connectivity index (χ3v) is 2.93. The van der Waals surface area contributed by atoms with Gasteiger partial charge in [-0.05, 0) is 24.5 Å². The second-order valence-electron chi connectivity index (χ2n) is 4.00. The molecule has 2 atom stereocenters. The fourth-order valence-corrected chi connectivity index (χ4v) is 1.83. The molecule has 0 aliphatic heterocycles. The summed E-state index contributed by atoms with van der Waals surface area (Å²) in [4.78, 5) is 0. The van der Waals surface area contributed by atoms with Crippen LogP contribution in [0, 0.1) is 17.6 Å². The topological polar surface area (TPSA) is 20.2 Å². The molecule has 0 aliphatic rings. The highest BCUT2D eigenvalue weighted by Gasteiger charge is 2.21. The number of hydrogen-bond donors (Lipinski definition) is 1. The van der Waals surface area contributed by atoms with Crippen LogP contribution in [0.4, 0.5) is 8.78 Å². The molecular formula is C12H15ClF2O. The van der Waals surface area contributed by atoms with Crippen molar-refractivity contribution in [2.45, 2.75) is 32.8 Å². The first-order valence-electron chi connectivity index (χ1n) is 5.29. The molecule has 90 valence electrons. The number of rotatable bonds is 4. The van der Waals surface area contributed by atoms with Gasteiger partial charge >= 0.3 is 0 Å². The summed E-state index contributed by atoms with van der Waals surface area (Å²) in [5, 5.41) is 9.60. The van der Waals surface area contributed by atoms with Gasteiger partial charge in [0.25, 0.3) is 0 Å². The first-order valence-corrected chi connectivity index (χ1v) is 5.67. The summed E-state index contributed by atoms with van der Waals surface area (Å²) in [5.41, 5.74) is -0.0251. The molecule has 4 heteroatoms. The third kappa shape index (κ3) is 2.92. The van der Waals surface area contributed by atoms with Crippen molar-refractivity contribution in [1.29, 1.82) is 0 Å². The quantitative estimate of drug-likeness (QED) is 0.796. The second-order valence-corrected chi connectivity index (χ2v) is 4.41. The Morgan fingerprint density at radius 3 is 2.50 bits per heavy atom. The van der Waals surface area contributed by atoms with Crippen LogP contribution in [0.25, 0.3) is 0 Å². The van der Waals surface area contributed by atoms with Crippen LogP contribution in [-0.4, -0.2) is 5.11 Å². The summed E-state index contributed by atoms with van der Waals surface area (Å²) in [6.45, 7) is 3.78. The predicted molar refractivity (Wildman–Crippen MR) is 60.4 cm³/mol. The Morgan fingerprint density at radius 2 is 1.94 bits per heavy atom. The van der Waals surface area contributed by atoms with E-state index in [2.05, 4.69) is 0 Å². The number of halogens is 3. The largest absolute Gasteiger partial charge is 0.388 e. The number of aliphatic hydroxyl groups is 1. The Morgan fingerprint density at radius 1 is 1.31 bits per heavy atom.